The molecular weight excluding hydrogens is 292 g/mol. The Morgan fingerprint density at radius 3 is 1.96 bits per heavy atom. The average molecular weight is 308 g/mol. The van der Waals surface area contributed by atoms with Gasteiger partial charge in [-0.3, -0.25) is 4.79 Å². The standard InChI is InChI=1S/C18H16N2O3/c19-12-11-17(21)20-16-9-5-14(6-10-16)2-1-13-3-7-15(8-4-13)18(22)23/h3-10H,1-2,11H2,(H,20,21)(H,22,23). The lowest BCUT2D eigenvalue weighted by atomic mass is 10.0. The normalized spacial score (nSPS) is 9.87. The lowest BCUT2D eigenvalue weighted by Gasteiger charge is -2.06. The molecular formula is C18H16N2O3. The number of amides is 1. The van der Waals surface area contributed by atoms with Crippen LogP contribution in [0.2, 0.25) is 0 Å². The monoisotopic (exact) mass is 308 g/mol. The zero-order valence-corrected chi connectivity index (χ0v) is 12.5. The number of rotatable bonds is 6. The lowest BCUT2D eigenvalue weighted by Crippen LogP contribution is -2.09. The Morgan fingerprint density at radius 1 is 0.957 bits per heavy atom. The van der Waals surface area contributed by atoms with Crippen molar-refractivity contribution < 1.29 is 14.7 Å². The number of nitrogens with zero attached hydrogens (tertiary/aromatic N) is 1. The first-order valence-electron chi connectivity index (χ1n) is 7.16. The van der Waals surface area contributed by atoms with Crippen molar-refractivity contribution in [3.63, 3.8) is 0 Å². The van der Waals surface area contributed by atoms with Gasteiger partial charge in [-0.05, 0) is 48.2 Å². The minimum absolute atomic E-state index is 0.159. The van der Waals surface area contributed by atoms with Crippen LogP contribution in [0.3, 0.4) is 0 Å². The van der Waals surface area contributed by atoms with E-state index in [-0.39, 0.29) is 17.9 Å². The third-order valence-corrected chi connectivity index (χ3v) is 3.38. The van der Waals surface area contributed by atoms with Crippen molar-refractivity contribution in [2.24, 2.45) is 0 Å². The Morgan fingerprint density at radius 2 is 1.48 bits per heavy atom. The van der Waals surface area contributed by atoms with Crippen LogP contribution in [0.4, 0.5) is 5.69 Å². The summed E-state index contributed by atoms with van der Waals surface area (Å²) in [4.78, 5) is 22.1. The molecule has 0 aliphatic heterocycles. The summed E-state index contributed by atoms with van der Waals surface area (Å²) in [5, 5.41) is 19.9. The Balaban J connectivity index is 1.90. The summed E-state index contributed by atoms with van der Waals surface area (Å²) < 4.78 is 0. The summed E-state index contributed by atoms with van der Waals surface area (Å²) in [6.45, 7) is 0. The molecule has 0 bridgehead atoms. The van der Waals surface area contributed by atoms with E-state index in [1.165, 1.54) is 0 Å². The second-order valence-electron chi connectivity index (χ2n) is 5.08. The summed E-state index contributed by atoms with van der Waals surface area (Å²) in [6.07, 6.45) is 1.47. The van der Waals surface area contributed by atoms with Gasteiger partial charge in [-0.25, -0.2) is 4.79 Å². The molecule has 0 saturated heterocycles. The molecule has 0 atom stereocenters. The number of carbonyl (C=O) groups excluding carboxylic acids is 1. The maximum atomic E-state index is 11.3. The van der Waals surface area contributed by atoms with Crippen LogP contribution in [0.15, 0.2) is 48.5 Å². The predicted octanol–water partition coefficient (Wildman–Crippen LogP) is 3.02. The van der Waals surface area contributed by atoms with Gasteiger partial charge in [0, 0.05) is 5.69 Å². The summed E-state index contributed by atoms with van der Waals surface area (Å²) in [7, 11) is 0. The highest BCUT2D eigenvalue weighted by atomic mass is 16.4. The van der Waals surface area contributed by atoms with Crippen molar-refractivity contribution >= 4 is 17.6 Å². The fourth-order valence-corrected chi connectivity index (χ4v) is 2.13. The largest absolute Gasteiger partial charge is 0.478 e. The van der Waals surface area contributed by atoms with Crippen molar-refractivity contribution in [3.8, 4) is 6.07 Å². The second kappa shape index (κ2) is 7.76. The molecule has 116 valence electrons. The molecule has 0 heterocycles. The van der Waals surface area contributed by atoms with Crippen molar-refractivity contribution in [1.29, 1.82) is 5.26 Å². The first kappa shape index (κ1) is 16.2. The van der Waals surface area contributed by atoms with E-state index < -0.39 is 5.97 Å². The number of carboxylic acid groups (broad SMARTS) is 1. The van der Waals surface area contributed by atoms with Crippen LogP contribution in [0.1, 0.15) is 27.9 Å². The van der Waals surface area contributed by atoms with Gasteiger partial charge >= 0.3 is 5.97 Å². The summed E-state index contributed by atoms with van der Waals surface area (Å²) in [5.41, 5.74) is 3.14. The van der Waals surface area contributed by atoms with E-state index in [1.807, 2.05) is 24.3 Å². The molecule has 2 rings (SSSR count). The van der Waals surface area contributed by atoms with Gasteiger partial charge in [0.2, 0.25) is 5.91 Å². The van der Waals surface area contributed by atoms with Gasteiger partial charge in [0.15, 0.2) is 0 Å². The molecule has 0 saturated carbocycles. The molecule has 0 aliphatic carbocycles. The molecule has 1 amide bonds. The highest BCUT2D eigenvalue weighted by molar-refractivity contribution is 5.92. The Kier molecular flexibility index (Phi) is 5.48. The van der Waals surface area contributed by atoms with Crippen LogP contribution in [0.25, 0.3) is 0 Å². The molecule has 5 nitrogen and oxygen atoms in total. The maximum Gasteiger partial charge on any atom is 0.335 e. The molecule has 0 fully saturated rings. The minimum Gasteiger partial charge on any atom is -0.478 e. The first-order valence-corrected chi connectivity index (χ1v) is 7.16. The van der Waals surface area contributed by atoms with Gasteiger partial charge in [0.1, 0.15) is 6.42 Å². The van der Waals surface area contributed by atoms with Crippen LogP contribution >= 0.6 is 0 Å². The number of hydrogen-bond donors (Lipinski definition) is 2. The molecule has 2 aromatic carbocycles. The molecule has 0 aliphatic rings. The van der Waals surface area contributed by atoms with Gasteiger partial charge < -0.3 is 10.4 Å². The number of aromatic carboxylic acids is 1. The fraction of sp³-hybridized carbons (Fsp3) is 0.167. The zero-order valence-electron chi connectivity index (χ0n) is 12.5. The third-order valence-electron chi connectivity index (χ3n) is 3.38. The predicted molar refractivity (Wildman–Crippen MR) is 86.1 cm³/mol. The summed E-state index contributed by atoms with van der Waals surface area (Å²) >= 11 is 0. The van der Waals surface area contributed by atoms with Crippen LogP contribution in [0.5, 0.6) is 0 Å². The number of nitrogens with one attached hydrogen (secondary N) is 1. The van der Waals surface area contributed by atoms with E-state index >= 15 is 0 Å². The topological polar surface area (TPSA) is 90.2 Å². The fourth-order valence-electron chi connectivity index (χ4n) is 2.13. The van der Waals surface area contributed by atoms with Crippen molar-refractivity contribution in [1.82, 2.24) is 0 Å². The van der Waals surface area contributed by atoms with Crippen LogP contribution < -0.4 is 5.32 Å². The molecule has 0 radical (unpaired) electrons. The highest BCUT2D eigenvalue weighted by Crippen LogP contribution is 2.13. The highest BCUT2D eigenvalue weighted by Gasteiger charge is 2.03. The Labute approximate surface area is 134 Å². The number of anilines is 1. The van der Waals surface area contributed by atoms with Crippen LogP contribution in [-0.4, -0.2) is 17.0 Å². The van der Waals surface area contributed by atoms with E-state index in [4.69, 9.17) is 10.4 Å². The van der Waals surface area contributed by atoms with Gasteiger partial charge in [0.05, 0.1) is 11.6 Å². The number of benzene rings is 2. The lowest BCUT2D eigenvalue weighted by molar-refractivity contribution is -0.115. The van der Waals surface area contributed by atoms with E-state index in [9.17, 15) is 9.59 Å². The van der Waals surface area contributed by atoms with E-state index in [0.717, 1.165) is 24.0 Å². The molecule has 0 unspecified atom stereocenters. The number of carboxylic acids is 1. The van der Waals surface area contributed by atoms with Crippen molar-refractivity contribution in [2.75, 3.05) is 5.32 Å². The minimum atomic E-state index is -0.925. The summed E-state index contributed by atoms with van der Waals surface area (Å²) in [5.74, 6) is -1.25. The molecule has 23 heavy (non-hydrogen) atoms. The Hall–Kier alpha value is -3.13. The van der Waals surface area contributed by atoms with E-state index in [1.54, 1.807) is 30.3 Å². The second-order valence-corrected chi connectivity index (χ2v) is 5.08. The SMILES string of the molecule is N#CCC(=O)Nc1ccc(CCc2ccc(C(=O)O)cc2)cc1. The van der Waals surface area contributed by atoms with E-state index in [2.05, 4.69) is 5.32 Å². The first-order chi connectivity index (χ1) is 11.1. The molecule has 2 N–H and O–H groups in total. The molecule has 0 aromatic heterocycles. The molecule has 2 aromatic rings. The number of nitriles is 1. The molecule has 0 spiro atoms. The van der Waals surface area contributed by atoms with Gasteiger partial charge in [-0.2, -0.15) is 5.26 Å². The quantitative estimate of drug-likeness (QED) is 0.858. The van der Waals surface area contributed by atoms with Gasteiger partial charge in [-0.15, -0.1) is 0 Å². The maximum absolute atomic E-state index is 11.3. The van der Waals surface area contributed by atoms with E-state index in [0.29, 0.717) is 5.69 Å². The van der Waals surface area contributed by atoms with Crippen LogP contribution in [-0.2, 0) is 17.6 Å². The van der Waals surface area contributed by atoms with Crippen LogP contribution in [0, 0.1) is 11.3 Å². The number of aryl methyl sites for hydroxylation is 2. The van der Waals surface area contributed by atoms with Gasteiger partial charge in [0.25, 0.3) is 0 Å². The van der Waals surface area contributed by atoms with Crippen molar-refractivity contribution in [2.45, 2.75) is 19.3 Å². The number of carbonyl (C=O) groups is 2. The summed E-state index contributed by atoms with van der Waals surface area (Å²) in [6, 6.07) is 16.1. The van der Waals surface area contributed by atoms with Crippen molar-refractivity contribution in [3.05, 3.63) is 65.2 Å². The smallest absolute Gasteiger partial charge is 0.335 e. The molecule has 5 heteroatoms. The van der Waals surface area contributed by atoms with Gasteiger partial charge in [-0.1, -0.05) is 24.3 Å². The average Bonchev–Trinajstić information content (AvgIpc) is 2.55. The Bertz CT molecular complexity index is 728. The third kappa shape index (κ3) is 4.97. The zero-order chi connectivity index (χ0) is 16.7. The number of hydrogen-bond acceptors (Lipinski definition) is 3.